The van der Waals surface area contributed by atoms with Crippen molar-refractivity contribution >= 4 is 35.6 Å². The van der Waals surface area contributed by atoms with E-state index in [0.717, 1.165) is 0 Å². The standard InChI is InChI=1S/C22H23O33P3/c1-2-3-4-5-6-7-8-9-10-11-15(23)37-12-14(39-22(27)40-45-47-49-51-53-55-54-52-50-48-46-44-28)13-38-58(35,36)43-19-16(24)17(25)20(41-56(29,30)31)21(18(19)26)42-57(32,33)34/h14,16-21,24-26,28H,12-13H2,1H3,(H,35,36)(H2,29,30,31)(H2,32,33,34)/t14-,16?,17+,18-,19?,20-,21?/m1/s1. The number of ether oxygens (including phenoxy) is 2. The molecule has 1 aliphatic rings. The van der Waals surface area contributed by atoms with Gasteiger partial charge in [-0.15, -0.1) is 0 Å². The highest BCUT2D eigenvalue weighted by Gasteiger charge is 2.56. The summed E-state index contributed by atoms with van der Waals surface area (Å²) in [7, 11) is -17.1. The summed E-state index contributed by atoms with van der Waals surface area (Å²) in [5.41, 5.74) is 0. The van der Waals surface area contributed by atoms with E-state index >= 15 is 0 Å². The SMILES string of the molecule is CC#CC#CC#CC#CC#CC(=O)OC[C@H](COP(=O)(O)OC1C(O)[C@H](O)[C@@H](OP(=O)(O)O)C(OP(=O)(O)O)[C@@H]1O)OC(=O)OOOOOOOOOOOOOO. The molecular formula is C22H23O33P3. The second-order valence-electron chi connectivity index (χ2n) is 8.80. The van der Waals surface area contributed by atoms with E-state index in [2.05, 4.69) is 136 Å². The van der Waals surface area contributed by atoms with Crippen molar-refractivity contribution in [3.8, 4) is 59.2 Å². The number of carbonyl (C=O) groups is 2. The Balaban J connectivity index is 2.96. The first-order chi connectivity index (χ1) is 27.3. The van der Waals surface area contributed by atoms with Crippen LogP contribution in [0.5, 0.6) is 0 Å². The summed E-state index contributed by atoms with van der Waals surface area (Å²) < 4.78 is 62.4. The molecule has 0 spiro atoms. The van der Waals surface area contributed by atoms with Crippen molar-refractivity contribution in [3.63, 3.8) is 0 Å². The van der Waals surface area contributed by atoms with Gasteiger partial charge in [0.1, 0.15) is 43.2 Å². The molecule has 0 aromatic carbocycles. The van der Waals surface area contributed by atoms with E-state index in [4.69, 9.17) is 19.8 Å². The summed E-state index contributed by atoms with van der Waals surface area (Å²) in [6.45, 7) is -0.932. The normalized spacial score (nSPS) is 21.6. The predicted octanol–water partition coefficient (Wildman–Crippen LogP) is -3.71. The number of esters is 1. The number of rotatable bonds is 24. The Kier molecular flexibility index (Phi) is 25.1. The van der Waals surface area contributed by atoms with Crippen LogP contribution in [0.15, 0.2) is 0 Å². The first-order valence-corrected chi connectivity index (χ1v) is 18.1. The second-order valence-corrected chi connectivity index (χ2v) is 12.6. The van der Waals surface area contributed by atoms with E-state index in [0.29, 0.717) is 0 Å². The Labute approximate surface area is 319 Å². The molecular weight excluding hydrogens is 885 g/mol. The number of aliphatic hydroxyl groups is 3. The van der Waals surface area contributed by atoms with Crippen LogP contribution in [0.2, 0.25) is 0 Å². The van der Waals surface area contributed by atoms with Crippen LogP contribution in [0.25, 0.3) is 0 Å². The average molecular weight is 908 g/mol. The molecule has 1 rings (SSSR count). The van der Waals surface area contributed by atoms with Crippen molar-refractivity contribution in [2.45, 2.75) is 49.7 Å². The zero-order valence-electron chi connectivity index (χ0n) is 27.6. The minimum atomic E-state index is -5.73. The molecule has 0 aromatic rings. The van der Waals surface area contributed by atoms with Crippen molar-refractivity contribution in [2.75, 3.05) is 13.2 Å². The summed E-state index contributed by atoms with van der Waals surface area (Å²) >= 11 is 0. The monoisotopic (exact) mass is 908 g/mol. The molecule has 0 saturated heterocycles. The van der Waals surface area contributed by atoms with Crippen LogP contribution in [0.4, 0.5) is 4.79 Å². The van der Waals surface area contributed by atoms with Crippen LogP contribution in [-0.2, 0) is 111 Å². The predicted molar refractivity (Wildman–Crippen MR) is 155 cm³/mol. The lowest BCUT2D eigenvalue weighted by Gasteiger charge is -2.44. The maximum absolute atomic E-state index is 12.8. The fraction of sp³-hybridized carbons (Fsp3) is 0.455. The highest BCUT2D eigenvalue weighted by molar-refractivity contribution is 7.47. The minimum Gasteiger partial charge on any atom is -0.452 e. The molecule has 0 aromatic heterocycles. The largest absolute Gasteiger partial charge is 0.543 e. The Bertz CT molecular complexity index is 1770. The molecule has 36 heteroatoms. The van der Waals surface area contributed by atoms with Crippen molar-refractivity contribution < 1.29 is 161 Å². The number of hydrogen-bond acceptors (Lipinski definition) is 28. The molecule has 0 radical (unpaired) electrons. The van der Waals surface area contributed by atoms with Gasteiger partial charge in [0, 0.05) is 36.2 Å². The maximum atomic E-state index is 12.8. The number of aliphatic hydroxyl groups excluding tert-OH is 3. The quantitative estimate of drug-likeness (QED) is 0.00856. The first kappa shape index (κ1) is 52.2. The molecule has 1 aliphatic carbocycles. The van der Waals surface area contributed by atoms with Gasteiger partial charge in [0.2, 0.25) is 0 Å². The summed E-state index contributed by atoms with van der Waals surface area (Å²) in [5, 5.41) is 80.3. The molecule has 1 fully saturated rings. The summed E-state index contributed by atoms with van der Waals surface area (Å²) in [6.07, 6.45) is -19.9. The Hall–Kier alpha value is -3.77. The van der Waals surface area contributed by atoms with Crippen LogP contribution in [0, 0.1) is 59.2 Å². The molecule has 33 nitrogen and oxygen atoms in total. The van der Waals surface area contributed by atoms with Gasteiger partial charge in [0.15, 0.2) is 6.10 Å². The van der Waals surface area contributed by atoms with Crippen molar-refractivity contribution in [1.82, 2.24) is 0 Å². The lowest BCUT2D eigenvalue weighted by atomic mass is 9.85. The summed E-state index contributed by atoms with van der Waals surface area (Å²) in [6, 6.07) is 0. The van der Waals surface area contributed by atoms with E-state index in [-0.39, 0.29) is 0 Å². The van der Waals surface area contributed by atoms with Crippen molar-refractivity contribution in [3.05, 3.63) is 0 Å². The van der Waals surface area contributed by atoms with E-state index in [1.54, 1.807) is 6.92 Å². The Morgan fingerprint density at radius 1 is 0.586 bits per heavy atom. The van der Waals surface area contributed by atoms with Gasteiger partial charge in [-0.25, -0.2) is 33.4 Å². The molecule has 324 valence electrons. The lowest BCUT2D eigenvalue weighted by Crippen LogP contribution is -2.65. The highest BCUT2D eigenvalue weighted by Crippen LogP contribution is 2.51. The van der Waals surface area contributed by atoms with Gasteiger partial charge < -0.3 is 49.3 Å². The minimum absolute atomic E-state index is 1.11. The van der Waals surface area contributed by atoms with E-state index < -0.39 is 91.5 Å². The van der Waals surface area contributed by atoms with E-state index in [1.165, 1.54) is 0 Å². The number of phosphoric ester groups is 3. The van der Waals surface area contributed by atoms with Gasteiger partial charge >= 0.3 is 35.6 Å². The van der Waals surface area contributed by atoms with Crippen LogP contribution in [0.1, 0.15) is 6.92 Å². The molecule has 0 heterocycles. The second kappa shape index (κ2) is 27.8. The first-order valence-electron chi connectivity index (χ1n) is 13.6. The molecule has 0 amide bonds. The molecule has 58 heavy (non-hydrogen) atoms. The summed E-state index contributed by atoms with van der Waals surface area (Å²) in [5.74, 6) is 21.0. The van der Waals surface area contributed by atoms with E-state index in [9.17, 15) is 53.3 Å². The molecule has 9 N–H and O–H groups in total. The van der Waals surface area contributed by atoms with Gasteiger partial charge in [-0.2, -0.15) is 0 Å². The fourth-order valence-corrected chi connectivity index (χ4v) is 5.28. The average Bonchev–Trinajstić information content (AvgIpc) is 3.14. The van der Waals surface area contributed by atoms with Gasteiger partial charge in [-0.3, -0.25) is 18.1 Å². The van der Waals surface area contributed by atoms with Crippen LogP contribution < -0.4 is 0 Å². The number of hydrogen-bond donors (Lipinski definition) is 9. The lowest BCUT2D eigenvalue weighted by molar-refractivity contribution is -0.874. The number of phosphoric acid groups is 3. The Morgan fingerprint density at radius 2 is 1.03 bits per heavy atom. The summed E-state index contributed by atoms with van der Waals surface area (Å²) in [4.78, 5) is 74.7. The topological polar surface area (TPSA) is 443 Å². The van der Waals surface area contributed by atoms with E-state index in [1.807, 2.05) is 11.8 Å². The third-order valence-electron chi connectivity index (χ3n) is 5.02. The zero-order valence-corrected chi connectivity index (χ0v) is 30.3. The van der Waals surface area contributed by atoms with Gasteiger partial charge in [-0.1, -0.05) is 5.92 Å². The van der Waals surface area contributed by atoms with Crippen LogP contribution in [-0.4, -0.2) is 113 Å². The molecule has 0 bridgehead atoms. The highest BCUT2D eigenvalue weighted by atomic mass is 31.2. The zero-order chi connectivity index (χ0) is 43.6. The Morgan fingerprint density at radius 3 is 1.53 bits per heavy atom. The maximum Gasteiger partial charge on any atom is 0.543 e. The smallest absolute Gasteiger partial charge is 0.452 e. The number of carbonyl (C=O) groups excluding carboxylic acids is 2. The van der Waals surface area contributed by atoms with Gasteiger partial charge in [0.25, 0.3) is 0 Å². The molecule has 4 unspecified atom stereocenters. The van der Waals surface area contributed by atoms with Crippen molar-refractivity contribution in [2.24, 2.45) is 0 Å². The fourth-order valence-electron chi connectivity index (χ4n) is 3.18. The third kappa shape index (κ3) is 24.2. The van der Waals surface area contributed by atoms with Gasteiger partial charge in [-0.05, 0) is 84.5 Å². The molecule has 1 saturated carbocycles. The third-order valence-corrected chi connectivity index (χ3v) is 7.04. The molecule has 0 aliphatic heterocycles. The van der Waals surface area contributed by atoms with Gasteiger partial charge in [0.05, 0.1) is 6.61 Å². The van der Waals surface area contributed by atoms with Crippen LogP contribution in [0.3, 0.4) is 0 Å². The van der Waals surface area contributed by atoms with Crippen LogP contribution >= 0.6 is 23.5 Å². The van der Waals surface area contributed by atoms with Crippen molar-refractivity contribution in [1.29, 1.82) is 0 Å². The molecule has 8 atom stereocenters.